The second-order valence-electron chi connectivity index (χ2n) is 6.11. The number of piperidine rings is 1. The monoisotopic (exact) mass is 255 g/mol. The third kappa shape index (κ3) is 2.68. The van der Waals surface area contributed by atoms with E-state index in [9.17, 15) is 9.90 Å². The molecular weight excluding hydrogens is 230 g/mol. The van der Waals surface area contributed by atoms with Gasteiger partial charge in [-0.25, -0.2) is 0 Å². The maximum Gasteiger partial charge on any atom is 0.323 e. The minimum Gasteiger partial charge on any atom is -0.480 e. The summed E-state index contributed by atoms with van der Waals surface area (Å²) in [6.45, 7) is 2.14. The van der Waals surface area contributed by atoms with Crippen molar-refractivity contribution in [1.29, 1.82) is 0 Å². The second kappa shape index (κ2) is 5.15. The van der Waals surface area contributed by atoms with Crippen LogP contribution < -0.4 is 5.73 Å². The Balaban J connectivity index is 1.95. The standard InChI is InChI=1S/C13H25N3O2/c1-15(2)11-4-3-7-16(9-11)10-5-6-13(14,8-10)12(17)18/h10-11H,3-9,14H2,1-2H3,(H,17,18). The first kappa shape index (κ1) is 13.8. The molecule has 2 fully saturated rings. The first-order chi connectivity index (χ1) is 8.42. The fourth-order valence-electron chi connectivity index (χ4n) is 3.29. The van der Waals surface area contributed by atoms with Crippen LogP contribution in [0.5, 0.6) is 0 Å². The van der Waals surface area contributed by atoms with Gasteiger partial charge in [0.2, 0.25) is 0 Å². The first-order valence-corrected chi connectivity index (χ1v) is 6.85. The summed E-state index contributed by atoms with van der Waals surface area (Å²) in [5.41, 5.74) is 4.97. The lowest BCUT2D eigenvalue weighted by molar-refractivity contribution is -0.143. The third-order valence-electron chi connectivity index (χ3n) is 4.62. The summed E-state index contributed by atoms with van der Waals surface area (Å²) in [6, 6.07) is 0.949. The van der Waals surface area contributed by atoms with Crippen molar-refractivity contribution in [3.63, 3.8) is 0 Å². The fourth-order valence-corrected chi connectivity index (χ4v) is 3.29. The van der Waals surface area contributed by atoms with Gasteiger partial charge in [0.05, 0.1) is 0 Å². The fraction of sp³-hybridized carbons (Fsp3) is 0.923. The van der Waals surface area contributed by atoms with Gasteiger partial charge in [0, 0.05) is 18.6 Å². The number of nitrogens with zero attached hydrogens (tertiary/aromatic N) is 2. The lowest BCUT2D eigenvalue weighted by Crippen LogP contribution is -2.51. The Labute approximate surface area is 109 Å². The quantitative estimate of drug-likeness (QED) is 0.761. The molecule has 2 rings (SSSR count). The normalized spacial score (nSPS) is 38.2. The van der Waals surface area contributed by atoms with Crippen molar-refractivity contribution >= 4 is 5.97 Å². The van der Waals surface area contributed by atoms with E-state index in [0.717, 1.165) is 19.5 Å². The van der Waals surface area contributed by atoms with Gasteiger partial charge in [-0.3, -0.25) is 9.69 Å². The molecule has 2 aliphatic rings. The van der Waals surface area contributed by atoms with Gasteiger partial charge in [0.15, 0.2) is 0 Å². The van der Waals surface area contributed by atoms with Gasteiger partial charge < -0.3 is 15.7 Å². The Hall–Kier alpha value is -0.650. The van der Waals surface area contributed by atoms with Crippen LogP contribution in [-0.2, 0) is 4.79 Å². The Morgan fingerprint density at radius 1 is 1.44 bits per heavy atom. The predicted molar refractivity (Wildman–Crippen MR) is 70.5 cm³/mol. The molecule has 1 heterocycles. The van der Waals surface area contributed by atoms with Crippen LogP contribution in [-0.4, -0.2) is 65.7 Å². The van der Waals surface area contributed by atoms with Crippen LogP contribution in [0.4, 0.5) is 0 Å². The van der Waals surface area contributed by atoms with E-state index in [-0.39, 0.29) is 0 Å². The van der Waals surface area contributed by atoms with E-state index >= 15 is 0 Å². The van der Waals surface area contributed by atoms with Crippen molar-refractivity contribution in [3.8, 4) is 0 Å². The van der Waals surface area contributed by atoms with E-state index in [4.69, 9.17) is 5.73 Å². The number of likely N-dealkylation sites (tertiary alicyclic amines) is 1. The van der Waals surface area contributed by atoms with Gasteiger partial charge in [-0.1, -0.05) is 0 Å². The van der Waals surface area contributed by atoms with E-state index < -0.39 is 11.5 Å². The summed E-state index contributed by atoms with van der Waals surface area (Å²) in [7, 11) is 4.24. The van der Waals surface area contributed by atoms with Gasteiger partial charge in [-0.2, -0.15) is 0 Å². The SMILES string of the molecule is CN(C)C1CCCN(C2CCC(N)(C(=O)O)C2)C1. The number of hydrogen-bond acceptors (Lipinski definition) is 4. The summed E-state index contributed by atoms with van der Waals surface area (Å²) >= 11 is 0. The number of carboxylic acids is 1. The van der Waals surface area contributed by atoms with Crippen LogP contribution in [0.3, 0.4) is 0 Å². The van der Waals surface area contributed by atoms with E-state index in [2.05, 4.69) is 23.9 Å². The molecule has 18 heavy (non-hydrogen) atoms. The van der Waals surface area contributed by atoms with Crippen molar-refractivity contribution in [2.24, 2.45) is 5.73 Å². The highest BCUT2D eigenvalue weighted by atomic mass is 16.4. The number of hydrogen-bond donors (Lipinski definition) is 2. The molecule has 3 atom stereocenters. The molecule has 0 aromatic heterocycles. The molecule has 3 unspecified atom stereocenters. The summed E-state index contributed by atoms with van der Waals surface area (Å²) < 4.78 is 0. The zero-order valence-electron chi connectivity index (χ0n) is 11.4. The highest BCUT2D eigenvalue weighted by Gasteiger charge is 2.44. The summed E-state index contributed by atoms with van der Waals surface area (Å²) in [5, 5.41) is 9.18. The lowest BCUT2D eigenvalue weighted by Gasteiger charge is -2.39. The van der Waals surface area contributed by atoms with Gasteiger partial charge in [-0.05, 0) is 52.7 Å². The second-order valence-corrected chi connectivity index (χ2v) is 6.11. The summed E-state index contributed by atoms with van der Waals surface area (Å²) in [4.78, 5) is 15.9. The molecule has 0 aromatic rings. The summed E-state index contributed by atoms with van der Waals surface area (Å²) in [6.07, 6.45) is 4.56. The Bertz CT molecular complexity index is 321. The Morgan fingerprint density at radius 2 is 2.17 bits per heavy atom. The molecule has 1 saturated heterocycles. The van der Waals surface area contributed by atoms with Gasteiger partial charge in [-0.15, -0.1) is 0 Å². The average Bonchev–Trinajstić information content (AvgIpc) is 2.73. The van der Waals surface area contributed by atoms with E-state index in [1.54, 1.807) is 0 Å². The largest absolute Gasteiger partial charge is 0.480 e. The molecule has 1 saturated carbocycles. The molecule has 5 nitrogen and oxygen atoms in total. The van der Waals surface area contributed by atoms with Gasteiger partial charge in [0.25, 0.3) is 0 Å². The number of aliphatic carboxylic acids is 1. The molecule has 0 radical (unpaired) electrons. The van der Waals surface area contributed by atoms with Crippen molar-refractivity contribution in [1.82, 2.24) is 9.80 Å². The molecular formula is C13H25N3O2. The molecule has 0 bridgehead atoms. The molecule has 3 N–H and O–H groups in total. The predicted octanol–water partition coefficient (Wildman–Crippen LogP) is 0.347. The van der Waals surface area contributed by atoms with Crippen molar-refractivity contribution in [2.45, 2.75) is 49.7 Å². The highest BCUT2D eigenvalue weighted by Crippen LogP contribution is 2.33. The number of rotatable bonds is 3. The first-order valence-electron chi connectivity index (χ1n) is 6.85. The smallest absolute Gasteiger partial charge is 0.323 e. The maximum absolute atomic E-state index is 11.2. The topological polar surface area (TPSA) is 69.8 Å². The number of likely N-dealkylation sites (N-methyl/N-ethyl adjacent to an activating group) is 1. The maximum atomic E-state index is 11.2. The molecule has 0 aromatic carbocycles. The van der Waals surface area contributed by atoms with Crippen molar-refractivity contribution < 1.29 is 9.90 Å². The zero-order valence-corrected chi connectivity index (χ0v) is 11.4. The van der Waals surface area contributed by atoms with E-state index in [1.807, 2.05) is 0 Å². The average molecular weight is 255 g/mol. The van der Waals surface area contributed by atoms with Crippen LogP contribution in [0.2, 0.25) is 0 Å². The molecule has 104 valence electrons. The van der Waals surface area contributed by atoms with Gasteiger partial charge in [0.1, 0.15) is 5.54 Å². The Kier molecular flexibility index (Phi) is 3.94. The van der Waals surface area contributed by atoms with Crippen LogP contribution in [0.15, 0.2) is 0 Å². The molecule has 1 aliphatic carbocycles. The van der Waals surface area contributed by atoms with Crippen molar-refractivity contribution in [3.05, 3.63) is 0 Å². The van der Waals surface area contributed by atoms with Crippen LogP contribution in [0.25, 0.3) is 0 Å². The molecule has 1 aliphatic heterocycles. The Morgan fingerprint density at radius 3 is 2.72 bits per heavy atom. The van der Waals surface area contributed by atoms with E-state index in [1.165, 1.54) is 12.8 Å². The zero-order chi connectivity index (χ0) is 13.3. The molecule has 5 heteroatoms. The van der Waals surface area contributed by atoms with E-state index in [0.29, 0.717) is 24.9 Å². The third-order valence-corrected chi connectivity index (χ3v) is 4.62. The van der Waals surface area contributed by atoms with Crippen LogP contribution in [0, 0.1) is 0 Å². The summed E-state index contributed by atoms with van der Waals surface area (Å²) in [5.74, 6) is -0.842. The molecule has 0 amide bonds. The molecule has 0 spiro atoms. The lowest BCUT2D eigenvalue weighted by atomic mass is 9.98. The number of carbonyl (C=O) groups is 1. The minimum absolute atomic E-state index is 0.355. The number of nitrogens with two attached hydrogens (primary N) is 1. The van der Waals surface area contributed by atoms with Gasteiger partial charge >= 0.3 is 5.97 Å². The van der Waals surface area contributed by atoms with Crippen LogP contribution >= 0.6 is 0 Å². The van der Waals surface area contributed by atoms with Crippen LogP contribution in [0.1, 0.15) is 32.1 Å². The number of carboxylic acid groups (broad SMARTS) is 1. The minimum atomic E-state index is -0.990. The van der Waals surface area contributed by atoms with Crippen molar-refractivity contribution in [2.75, 3.05) is 27.2 Å². The highest BCUT2D eigenvalue weighted by molar-refractivity contribution is 5.79.